The zero-order valence-electron chi connectivity index (χ0n) is 30.7. The third-order valence-electron chi connectivity index (χ3n) is 7.39. The molecule has 14 nitrogen and oxygen atoms in total. The van der Waals surface area contributed by atoms with Crippen LogP contribution in [-0.2, 0) is 45.8 Å². The van der Waals surface area contributed by atoms with E-state index in [1.807, 2.05) is 94.9 Å². The van der Waals surface area contributed by atoms with Crippen molar-refractivity contribution in [3.05, 3.63) is 143 Å². The van der Waals surface area contributed by atoms with Crippen molar-refractivity contribution >= 4 is 75.9 Å². The number of benzene rings is 4. The van der Waals surface area contributed by atoms with Crippen molar-refractivity contribution in [1.82, 2.24) is 0 Å². The van der Waals surface area contributed by atoms with Gasteiger partial charge in [-0.3, -0.25) is 0 Å². The van der Waals surface area contributed by atoms with Crippen LogP contribution in [0.3, 0.4) is 0 Å². The summed E-state index contributed by atoms with van der Waals surface area (Å²) in [7, 11) is -4.33. The number of hydrogen-bond donors (Lipinski definition) is 2. The molecule has 0 saturated heterocycles. The Morgan fingerprint density at radius 3 is 1.20 bits per heavy atom. The van der Waals surface area contributed by atoms with Crippen molar-refractivity contribution in [2.45, 2.75) is 24.3 Å². The highest BCUT2D eigenvalue weighted by Crippen LogP contribution is 2.22. The summed E-state index contributed by atoms with van der Waals surface area (Å²) < 4.78 is 65.4. The predicted molar refractivity (Wildman–Crippen MR) is 218 cm³/mol. The molecule has 4 aromatic carbocycles. The van der Waals surface area contributed by atoms with Crippen LogP contribution in [0, 0.1) is 0 Å². The van der Waals surface area contributed by atoms with E-state index in [4.69, 9.17) is 0 Å². The van der Waals surface area contributed by atoms with E-state index in [2.05, 4.69) is 31.1 Å². The third kappa shape index (κ3) is 17.5. The summed E-state index contributed by atoms with van der Waals surface area (Å²) in [6.07, 6.45) is 6.10. The standard InChI is InChI=1S/C24H26N8S2.2C7H8O3S/c1-31-15-17-33-23(31)29-27-21-9-5-19(6-10-21)25-13-3-4-14-26-20-7-11-22(12-8-20)28-30-24-32(2)16-18-34-24;2*8-11(9,10)6-7-4-2-1-3-5-7/h5-12,15-18H,3-4,13-14H2,1-2H3;2*1-5H,6H2,(H,8,9,10). The van der Waals surface area contributed by atoms with Gasteiger partial charge in [-0.15, -0.1) is 0 Å². The molecule has 0 radical (unpaired) electrons. The molecule has 56 heavy (non-hydrogen) atoms. The SMILES string of the molecule is C[n+]1ccsc1N=Nc1ccc(NCCCCNc2ccc(N=Nc3scc[n+]3C)cc2)cc1.O=S(=O)([O-])Cc1ccccc1.O=S(=O)([O-])Cc1ccccc1. The molecule has 18 heteroatoms. The zero-order chi connectivity index (χ0) is 40.2. The molecule has 6 aromatic rings. The molecule has 0 bridgehead atoms. The largest absolute Gasteiger partial charge is 0.748 e. The Labute approximate surface area is 335 Å². The van der Waals surface area contributed by atoms with Gasteiger partial charge in [0.1, 0.15) is 23.8 Å². The molecule has 2 N–H and O–H groups in total. The molecule has 0 amide bonds. The van der Waals surface area contributed by atoms with E-state index in [0.29, 0.717) is 11.1 Å². The maximum atomic E-state index is 10.2. The highest BCUT2D eigenvalue weighted by atomic mass is 32.2. The molecule has 294 valence electrons. The van der Waals surface area contributed by atoms with Gasteiger partial charge in [0.15, 0.2) is 0 Å². The minimum atomic E-state index is -4.13. The van der Waals surface area contributed by atoms with Crippen molar-refractivity contribution < 1.29 is 35.1 Å². The van der Waals surface area contributed by atoms with Gasteiger partial charge in [0, 0.05) is 35.2 Å². The van der Waals surface area contributed by atoms with Crippen molar-refractivity contribution in [1.29, 1.82) is 0 Å². The predicted octanol–water partition coefficient (Wildman–Crippen LogP) is 8.06. The number of nitrogens with zero attached hydrogens (tertiary/aromatic N) is 6. The summed E-state index contributed by atoms with van der Waals surface area (Å²) in [5, 5.41) is 29.8. The minimum Gasteiger partial charge on any atom is -0.748 e. The molecule has 0 atom stereocenters. The smallest absolute Gasteiger partial charge is 0.408 e. The first-order valence-corrected chi connectivity index (χ1v) is 22.1. The van der Waals surface area contributed by atoms with Gasteiger partial charge in [0.2, 0.25) is 0 Å². The van der Waals surface area contributed by atoms with Gasteiger partial charge in [0.25, 0.3) is 0 Å². The first kappa shape index (κ1) is 43.5. The molecule has 2 aromatic heterocycles. The number of anilines is 2. The topological polar surface area (TPSA) is 196 Å². The number of aryl methyl sites for hydroxylation is 2. The Morgan fingerprint density at radius 1 is 0.536 bits per heavy atom. The van der Waals surface area contributed by atoms with Gasteiger partial charge in [-0.1, -0.05) is 60.7 Å². The first-order chi connectivity index (χ1) is 26.8. The fraction of sp³-hybridized carbons (Fsp3) is 0.211. The van der Waals surface area contributed by atoms with E-state index in [1.165, 1.54) is 0 Å². The molecular formula is C38H42N8O6S4. The second kappa shape index (κ2) is 22.3. The van der Waals surface area contributed by atoms with Crippen LogP contribution in [0.4, 0.5) is 33.0 Å². The van der Waals surface area contributed by atoms with E-state index in [1.54, 1.807) is 83.3 Å². The Hall–Kier alpha value is -5.24. The maximum absolute atomic E-state index is 10.2. The first-order valence-electron chi connectivity index (χ1n) is 17.2. The molecular weight excluding hydrogens is 793 g/mol. The van der Waals surface area contributed by atoms with Gasteiger partial charge in [-0.25, -0.2) is 26.0 Å². The van der Waals surface area contributed by atoms with Crippen LogP contribution in [0.5, 0.6) is 0 Å². The molecule has 0 aliphatic carbocycles. The number of unbranched alkanes of at least 4 members (excludes halogenated alkanes) is 1. The van der Waals surface area contributed by atoms with Gasteiger partial charge < -0.3 is 19.7 Å². The number of hydrogen-bond acceptors (Lipinski definition) is 14. The fourth-order valence-electron chi connectivity index (χ4n) is 4.61. The van der Waals surface area contributed by atoms with Gasteiger partial charge in [-0.05, 0) is 105 Å². The summed E-state index contributed by atoms with van der Waals surface area (Å²) >= 11 is 3.13. The highest BCUT2D eigenvalue weighted by molar-refractivity contribution is 7.85. The average Bonchev–Trinajstić information content (AvgIpc) is 3.78. The molecule has 0 fully saturated rings. The lowest BCUT2D eigenvalue weighted by molar-refractivity contribution is -0.654. The average molecular weight is 835 g/mol. The summed E-state index contributed by atoms with van der Waals surface area (Å²) in [5.41, 5.74) is 4.93. The van der Waals surface area contributed by atoms with Crippen molar-refractivity contribution in [2.24, 2.45) is 34.6 Å². The second-order valence-electron chi connectivity index (χ2n) is 12.0. The maximum Gasteiger partial charge on any atom is 0.408 e. The third-order valence-corrected chi connectivity index (χ3v) is 10.4. The van der Waals surface area contributed by atoms with Crippen molar-refractivity contribution in [3.63, 3.8) is 0 Å². The molecule has 0 spiro atoms. The molecule has 6 rings (SSSR count). The summed E-state index contributed by atoms with van der Waals surface area (Å²) in [6, 6.07) is 32.8. The Balaban J connectivity index is 0.000000256. The van der Waals surface area contributed by atoms with E-state index in [-0.39, 0.29) is 0 Å². The quantitative estimate of drug-likeness (QED) is 0.0448. The second-order valence-corrected chi connectivity index (χ2v) is 16.6. The van der Waals surface area contributed by atoms with Crippen LogP contribution in [0.15, 0.2) is 153 Å². The summed E-state index contributed by atoms with van der Waals surface area (Å²) in [5.74, 6) is -0.846. The van der Waals surface area contributed by atoms with E-state index >= 15 is 0 Å². The van der Waals surface area contributed by atoms with Crippen molar-refractivity contribution in [3.8, 4) is 0 Å². The number of azo groups is 2. The molecule has 2 heterocycles. The summed E-state index contributed by atoms with van der Waals surface area (Å²) in [4.78, 5) is 0. The molecule has 0 aliphatic rings. The Morgan fingerprint density at radius 2 is 0.893 bits per heavy atom. The van der Waals surface area contributed by atoms with Crippen LogP contribution in [-0.4, -0.2) is 39.0 Å². The number of aromatic nitrogens is 2. The lowest BCUT2D eigenvalue weighted by Crippen LogP contribution is -2.23. The fourth-order valence-corrected chi connectivity index (χ4v) is 7.17. The van der Waals surface area contributed by atoms with Crippen LogP contribution in [0.2, 0.25) is 0 Å². The normalized spacial score (nSPS) is 11.4. The Kier molecular flexibility index (Phi) is 17.4. The number of thiazole rings is 2. The lowest BCUT2D eigenvalue weighted by atomic mass is 10.2. The van der Waals surface area contributed by atoms with E-state index in [9.17, 15) is 25.9 Å². The highest BCUT2D eigenvalue weighted by Gasteiger charge is 2.08. The van der Waals surface area contributed by atoms with Gasteiger partial charge in [0.05, 0.1) is 56.1 Å². The van der Waals surface area contributed by atoms with Crippen LogP contribution in [0.25, 0.3) is 0 Å². The van der Waals surface area contributed by atoms with E-state index in [0.717, 1.165) is 58.9 Å². The minimum absolute atomic E-state index is 0.423. The Bertz CT molecular complexity index is 2170. The molecule has 0 saturated carbocycles. The van der Waals surface area contributed by atoms with Gasteiger partial charge in [-0.2, -0.15) is 0 Å². The van der Waals surface area contributed by atoms with Crippen molar-refractivity contribution in [2.75, 3.05) is 23.7 Å². The van der Waals surface area contributed by atoms with Crippen LogP contribution in [0.1, 0.15) is 24.0 Å². The van der Waals surface area contributed by atoms with Crippen LogP contribution >= 0.6 is 22.7 Å². The number of nitrogens with one attached hydrogen (secondary N) is 2. The number of rotatable bonds is 15. The lowest BCUT2D eigenvalue weighted by Gasteiger charge is -2.08. The molecule has 0 unspecified atom stereocenters. The molecule has 0 aliphatic heterocycles. The van der Waals surface area contributed by atoms with E-state index < -0.39 is 31.7 Å². The summed E-state index contributed by atoms with van der Waals surface area (Å²) in [6.45, 7) is 1.85. The zero-order valence-corrected chi connectivity index (χ0v) is 34.0. The van der Waals surface area contributed by atoms with Crippen LogP contribution < -0.4 is 19.8 Å². The monoisotopic (exact) mass is 834 g/mol. The van der Waals surface area contributed by atoms with Gasteiger partial charge >= 0.3 is 10.3 Å².